The van der Waals surface area contributed by atoms with Gasteiger partial charge in [0.15, 0.2) is 0 Å². The van der Waals surface area contributed by atoms with Gasteiger partial charge in [-0.25, -0.2) is 0 Å². The molecule has 0 unspecified atom stereocenters. The third kappa shape index (κ3) is 6.15. The van der Waals surface area contributed by atoms with Crippen molar-refractivity contribution in [3.05, 3.63) is 254 Å². The Morgan fingerprint density at radius 2 is 0.971 bits per heavy atom. The number of benzene rings is 11. The number of aromatic nitrogens is 1. The van der Waals surface area contributed by atoms with E-state index in [4.69, 9.17) is 4.42 Å². The summed E-state index contributed by atoms with van der Waals surface area (Å²) in [5.41, 5.74) is 20.5. The second-order valence-electron chi connectivity index (χ2n) is 19.2. The second-order valence-corrected chi connectivity index (χ2v) is 19.2. The summed E-state index contributed by atoms with van der Waals surface area (Å²) in [5, 5.41) is 7.07. The van der Waals surface area contributed by atoms with Crippen molar-refractivity contribution >= 4 is 71.6 Å². The molecule has 0 N–H and O–H groups in total. The topological polar surface area (TPSA) is 21.3 Å². The van der Waals surface area contributed by atoms with Gasteiger partial charge in [-0.1, -0.05) is 190 Å². The highest BCUT2D eigenvalue weighted by Gasteiger charge is 2.35. The van der Waals surface area contributed by atoms with Crippen LogP contribution in [0.2, 0.25) is 0 Å². The molecule has 3 nitrogen and oxygen atoms in total. The van der Waals surface area contributed by atoms with Gasteiger partial charge < -0.3 is 13.9 Å². The van der Waals surface area contributed by atoms with Gasteiger partial charge in [0.2, 0.25) is 0 Å². The molecule has 0 saturated carbocycles. The number of fused-ring (bicyclic) bond motifs is 10. The van der Waals surface area contributed by atoms with Gasteiger partial charge in [-0.05, 0) is 122 Å². The van der Waals surface area contributed by atoms with Gasteiger partial charge in [-0.15, -0.1) is 0 Å². The second kappa shape index (κ2) is 15.6. The van der Waals surface area contributed by atoms with Gasteiger partial charge >= 0.3 is 0 Å². The number of nitrogens with zero attached hydrogens (tertiary/aromatic N) is 2. The van der Waals surface area contributed by atoms with Crippen molar-refractivity contribution in [2.75, 3.05) is 4.90 Å². The molecule has 0 amide bonds. The summed E-state index contributed by atoms with van der Waals surface area (Å²) < 4.78 is 9.25. The van der Waals surface area contributed by atoms with E-state index in [0.717, 1.165) is 66.9 Å². The van der Waals surface area contributed by atoms with Crippen molar-refractivity contribution in [3.8, 4) is 50.2 Å². The van der Waals surface area contributed by atoms with Crippen molar-refractivity contribution in [2.45, 2.75) is 19.3 Å². The average Bonchev–Trinajstić information content (AvgIpc) is 4.04. The maximum absolute atomic E-state index is 6.87. The van der Waals surface area contributed by atoms with Crippen molar-refractivity contribution in [3.63, 3.8) is 0 Å². The molecule has 0 saturated heterocycles. The Bertz CT molecular complexity index is 4170. The molecule has 2 aromatic heterocycles. The molecule has 1 aliphatic carbocycles. The zero-order chi connectivity index (χ0) is 46.5. The van der Waals surface area contributed by atoms with Crippen LogP contribution in [0.5, 0.6) is 0 Å². The van der Waals surface area contributed by atoms with Crippen LogP contribution in [0, 0.1) is 0 Å². The Morgan fingerprint density at radius 1 is 0.371 bits per heavy atom. The number of rotatable bonds is 7. The third-order valence-electron chi connectivity index (χ3n) is 15.0. The van der Waals surface area contributed by atoms with E-state index in [0.29, 0.717) is 0 Å². The summed E-state index contributed by atoms with van der Waals surface area (Å²) in [7, 11) is 0. The summed E-state index contributed by atoms with van der Waals surface area (Å²) in [4.78, 5) is 2.46. The molecule has 2 heterocycles. The van der Waals surface area contributed by atoms with E-state index in [1.165, 1.54) is 66.0 Å². The largest absolute Gasteiger partial charge is 0.455 e. The van der Waals surface area contributed by atoms with Crippen LogP contribution < -0.4 is 4.90 Å². The molecule has 330 valence electrons. The molecular formula is C67H46N2O. The van der Waals surface area contributed by atoms with Crippen LogP contribution in [0.15, 0.2) is 247 Å². The van der Waals surface area contributed by atoms with Gasteiger partial charge in [-0.3, -0.25) is 0 Å². The van der Waals surface area contributed by atoms with Crippen LogP contribution in [0.1, 0.15) is 25.0 Å². The van der Waals surface area contributed by atoms with Crippen LogP contribution in [0.4, 0.5) is 17.1 Å². The molecule has 14 rings (SSSR count). The lowest BCUT2D eigenvalue weighted by Crippen LogP contribution is -2.14. The minimum absolute atomic E-state index is 0.107. The smallest absolute Gasteiger partial charge is 0.143 e. The first-order chi connectivity index (χ1) is 34.5. The number of hydrogen-bond acceptors (Lipinski definition) is 2. The minimum Gasteiger partial charge on any atom is -0.455 e. The normalized spacial score (nSPS) is 12.8. The monoisotopic (exact) mass is 894 g/mol. The zero-order valence-electron chi connectivity index (χ0n) is 38.9. The quantitative estimate of drug-likeness (QED) is 0.159. The molecule has 0 radical (unpaired) electrons. The lowest BCUT2D eigenvalue weighted by molar-refractivity contribution is 0.660. The summed E-state index contributed by atoms with van der Waals surface area (Å²) in [6.07, 6.45) is 0. The fraction of sp³-hybridized carbons (Fsp3) is 0.0448. The molecule has 3 heteroatoms. The fourth-order valence-corrected chi connectivity index (χ4v) is 11.6. The van der Waals surface area contributed by atoms with E-state index >= 15 is 0 Å². The molecule has 0 fully saturated rings. The third-order valence-corrected chi connectivity index (χ3v) is 15.0. The van der Waals surface area contributed by atoms with Gasteiger partial charge in [0, 0.05) is 55.1 Å². The predicted molar refractivity (Wildman–Crippen MR) is 294 cm³/mol. The van der Waals surface area contributed by atoms with Crippen LogP contribution in [-0.4, -0.2) is 4.57 Å². The summed E-state index contributed by atoms with van der Waals surface area (Å²) >= 11 is 0. The SMILES string of the molecule is CC1(C)c2ccccc2-c2ccc(-c3cccc(N(c4cc(-c5ccc(-n6c7ccccc7c7ccccc76)cc5)c5oc6ccccc6c5c4)c4ccccc4-c4cccc5ccccc45)c3)cc21. The Morgan fingerprint density at radius 3 is 1.79 bits per heavy atom. The van der Waals surface area contributed by atoms with E-state index in [1.807, 2.05) is 0 Å². The Balaban J connectivity index is 0.986. The van der Waals surface area contributed by atoms with Crippen LogP contribution in [0.25, 0.3) is 105 Å². The maximum atomic E-state index is 6.87. The lowest BCUT2D eigenvalue weighted by atomic mass is 9.81. The van der Waals surface area contributed by atoms with Crippen LogP contribution in [0.3, 0.4) is 0 Å². The predicted octanol–water partition coefficient (Wildman–Crippen LogP) is 18.6. The van der Waals surface area contributed by atoms with E-state index in [-0.39, 0.29) is 5.41 Å². The van der Waals surface area contributed by atoms with E-state index in [9.17, 15) is 0 Å². The molecule has 0 aliphatic heterocycles. The lowest BCUT2D eigenvalue weighted by Gasteiger charge is -2.29. The summed E-state index contributed by atoms with van der Waals surface area (Å²) in [6, 6.07) is 88.8. The average molecular weight is 895 g/mol. The van der Waals surface area contributed by atoms with Crippen LogP contribution >= 0.6 is 0 Å². The first-order valence-electron chi connectivity index (χ1n) is 24.2. The van der Waals surface area contributed by atoms with Gasteiger partial charge in [-0.2, -0.15) is 0 Å². The fourth-order valence-electron chi connectivity index (χ4n) is 11.6. The number of furan rings is 1. The van der Waals surface area contributed by atoms with E-state index < -0.39 is 0 Å². The highest BCUT2D eigenvalue weighted by atomic mass is 16.3. The Labute approximate surface area is 406 Å². The molecule has 13 aromatic rings. The molecule has 0 atom stereocenters. The minimum atomic E-state index is -0.107. The number of hydrogen-bond donors (Lipinski definition) is 0. The standard InChI is InChI=1S/C67H46N2O/c1-67(2)60-28-10-5-22-52(60)53-38-35-46(40-61(53)67)45-19-15-20-48(39-45)68(62-29-11-6-23-54(62)51-27-16-18-43-17-3-4-21-50(43)51)49-41-58(66-59(42-49)57-26-9-14-32-65(57)70-66)44-33-36-47(37-34-44)69-63-30-12-7-24-55(63)56-25-8-13-31-64(56)69/h3-42H,1-2H3. The summed E-state index contributed by atoms with van der Waals surface area (Å²) in [5.74, 6) is 0. The molecule has 0 spiro atoms. The number of anilines is 3. The van der Waals surface area contributed by atoms with Crippen molar-refractivity contribution in [1.82, 2.24) is 4.57 Å². The molecular weight excluding hydrogens is 849 g/mol. The van der Waals surface area contributed by atoms with Crippen molar-refractivity contribution in [2.24, 2.45) is 0 Å². The van der Waals surface area contributed by atoms with E-state index in [1.54, 1.807) is 0 Å². The Hall–Kier alpha value is -8.92. The van der Waals surface area contributed by atoms with Gasteiger partial charge in [0.1, 0.15) is 11.2 Å². The highest BCUT2D eigenvalue weighted by Crippen LogP contribution is 2.51. The molecule has 0 bridgehead atoms. The molecule has 11 aromatic carbocycles. The first-order valence-corrected chi connectivity index (χ1v) is 24.2. The summed E-state index contributed by atoms with van der Waals surface area (Å²) in [6.45, 7) is 4.71. The zero-order valence-corrected chi connectivity index (χ0v) is 38.9. The van der Waals surface area contributed by atoms with E-state index in [2.05, 4.69) is 266 Å². The highest BCUT2D eigenvalue weighted by molar-refractivity contribution is 6.13. The molecule has 70 heavy (non-hydrogen) atoms. The van der Waals surface area contributed by atoms with Gasteiger partial charge in [0.05, 0.1) is 16.7 Å². The van der Waals surface area contributed by atoms with Crippen molar-refractivity contribution < 1.29 is 4.42 Å². The van der Waals surface area contributed by atoms with Crippen molar-refractivity contribution in [1.29, 1.82) is 0 Å². The Kier molecular flexibility index (Phi) is 8.93. The molecule has 1 aliphatic rings. The first kappa shape index (κ1) is 40.2. The van der Waals surface area contributed by atoms with Crippen LogP contribution in [-0.2, 0) is 5.41 Å². The number of para-hydroxylation sites is 4. The maximum Gasteiger partial charge on any atom is 0.143 e. The van der Waals surface area contributed by atoms with Gasteiger partial charge in [0.25, 0.3) is 0 Å².